The summed E-state index contributed by atoms with van der Waals surface area (Å²) >= 11 is 0. The van der Waals surface area contributed by atoms with Crippen LogP contribution in [0.5, 0.6) is 11.5 Å². The summed E-state index contributed by atoms with van der Waals surface area (Å²) in [6, 6.07) is 5.33. The van der Waals surface area contributed by atoms with Crippen LogP contribution in [0.2, 0.25) is 0 Å². The van der Waals surface area contributed by atoms with Gasteiger partial charge in [-0.15, -0.1) is 0 Å². The van der Waals surface area contributed by atoms with Crippen molar-refractivity contribution < 1.29 is 19.4 Å². The summed E-state index contributed by atoms with van der Waals surface area (Å²) in [6.07, 6.45) is 3.66. The molecule has 3 rings (SSSR count). The minimum Gasteiger partial charge on any atom is -0.493 e. The monoisotopic (exact) mass is 348 g/mol. The molecular formula is C19H28N2O4. The fourth-order valence-electron chi connectivity index (χ4n) is 3.87. The number of nitrogens with zero attached hydrogens (tertiary/aromatic N) is 2. The highest BCUT2D eigenvalue weighted by molar-refractivity contribution is 5.97. The van der Waals surface area contributed by atoms with Crippen LogP contribution >= 0.6 is 0 Å². The summed E-state index contributed by atoms with van der Waals surface area (Å²) in [5.74, 6) is 0.947. The van der Waals surface area contributed by atoms with E-state index >= 15 is 0 Å². The molecule has 0 saturated carbocycles. The Hall–Kier alpha value is -1.79. The van der Waals surface area contributed by atoms with E-state index in [0.29, 0.717) is 43.0 Å². The zero-order valence-electron chi connectivity index (χ0n) is 15.2. The molecule has 0 bridgehead atoms. The molecule has 0 radical (unpaired) electrons. The van der Waals surface area contributed by atoms with E-state index in [9.17, 15) is 9.90 Å². The Bertz CT molecular complexity index is 605. The molecule has 1 aromatic carbocycles. The molecule has 0 aromatic heterocycles. The lowest BCUT2D eigenvalue weighted by Gasteiger charge is -2.40. The number of hydrogen-bond acceptors (Lipinski definition) is 5. The second-order valence-electron chi connectivity index (χ2n) is 7.04. The van der Waals surface area contributed by atoms with E-state index < -0.39 is 5.60 Å². The molecule has 2 aliphatic heterocycles. The number of hydrogen-bond donors (Lipinski definition) is 1. The van der Waals surface area contributed by atoms with Crippen molar-refractivity contribution in [3.63, 3.8) is 0 Å². The second kappa shape index (κ2) is 7.62. The second-order valence-corrected chi connectivity index (χ2v) is 7.04. The van der Waals surface area contributed by atoms with Crippen molar-refractivity contribution in [2.75, 3.05) is 46.9 Å². The van der Waals surface area contributed by atoms with Gasteiger partial charge in [0.25, 0.3) is 5.91 Å². The number of likely N-dealkylation sites (tertiary alicyclic amines) is 2. The highest BCUT2D eigenvalue weighted by atomic mass is 16.5. The SMILES string of the molecule is COc1cccc(C(=O)N2CCC(O)(CN3CCCC3)CC2)c1OC. The van der Waals surface area contributed by atoms with Gasteiger partial charge in [0.15, 0.2) is 11.5 Å². The lowest BCUT2D eigenvalue weighted by molar-refractivity contribution is -0.0367. The minimum absolute atomic E-state index is 0.0704. The van der Waals surface area contributed by atoms with Gasteiger partial charge < -0.3 is 24.4 Å². The van der Waals surface area contributed by atoms with Crippen LogP contribution < -0.4 is 9.47 Å². The molecule has 25 heavy (non-hydrogen) atoms. The van der Waals surface area contributed by atoms with E-state index in [-0.39, 0.29) is 5.91 Å². The third kappa shape index (κ3) is 3.90. The van der Waals surface area contributed by atoms with Gasteiger partial charge in [-0.05, 0) is 50.9 Å². The van der Waals surface area contributed by atoms with Gasteiger partial charge in [-0.3, -0.25) is 4.79 Å². The molecule has 0 atom stereocenters. The average molecular weight is 348 g/mol. The lowest BCUT2D eigenvalue weighted by Crippen LogP contribution is -2.51. The van der Waals surface area contributed by atoms with E-state index in [1.165, 1.54) is 12.8 Å². The molecule has 1 amide bonds. The van der Waals surface area contributed by atoms with Gasteiger partial charge >= 0.3 is 0 Å². The Morgan fingerprint density at radius 2 is 1.80 bits per heavy atom. The zero-order chi connectivity index (χ0) is 17.9. The number of para-hydroxylation sites is 1. The van der Waals surface area contributed by atoms with E-state index in [1.54, 1.807) is 37.3 Å². The highest BCUT2D eigenvalue weighted by Gasteiger charge is 2.36. The number of amides is 1. The molecule has 2 heterocycles. The molecule has 1 N–H and O–H groups in total. The largest absolute Gasteiger partial charge is 0.493 e. The maximum atomic E-state index is 12.9. The first kappa shape index (κ1) is 18.0. The van der Waals surface area contributed by atoms with Crippen molar-refractivity contribution in [3.8, 4) is 11.5 Å². The van der Waals surface area contributed by atoms with Crippen molar-refractivity contribution in [1.82, 2.24) is 9.80 Å². The van der Waals surface area contributed by atoms with Crippen LogP contribution in [0.1, 0.15) is 36.0 Å². The van der Waals surface area contributed by atoms with Crippen LogP contribution in [0.3, 0.4) is 0 Å². The van der Waals surface area contributed by atoms with Gasteiger partial charge in [0, 0.05) is 19.6 Å². The van der Waals surface area contributed by atoms with E-state index in [0.717, 1.165) is 19.6 Å². The molecule has 1 aromatic rings. The zero-order valence-corrected chi connectivity index (χ0v) is 15.2. The summed E-state index contributed by atoms with van der Waals surface area (Å²) in [6.45, 7) is 3.99. The Morgan fingerprint density at radius 1 is 1.12 bits per heavy atom. The first-order valence-electron chi connectivity index (χ1n) is 9.01. The summed E-state index contributed by atoms with van der Waals surface area (Å²) < 4.78 is 10.7. The van der Waals surface area contributed by atoms with Crippen molar-refractivity contribution in [2.24, 2.45) is 0 Å². The number of rotatable bonds is 5. The van der Waals surface area contributed by atoms with E-state index in [1.807, 2.05) is 0 Å². The molecule has 6 heteroatoms. The molecule has 2 saturated heterocycles. The van der Waals surface area contributed by atoms with Crippen LogP contribution in [0.25, 0.3) is 0 Å². The summed E-state index contributed by atoms with van der Waals surface area (Å²) in [5.41, 5.74) is -0.175. The Balaban J connectivity index is 1.65. The fourth-order valence-corrected chi connectivity index (χ4v) is 3.87. The number of β-amino-alcohol motifs (C(OH)–C–C–N with tert-alkyl or cyclic N) is 1. The van der Waals surface area contributed by atoms with Crippen LogP contribution in [0, 0.1) is 0 Å². The first-order chi connectivity index (χ1) is 12.1. The number of piperidine rings is 1. The number of benzene rings is 1. The molecule has 0 spiro atoms. The summed E-state index contributed by atoms with van der Waals surface area (Å²) in [7, 11) is 3.10. The molecule has 6 nitrogen and oxygen atoms in total. The number of carbonyl (C=O) groups is 1. The van der Waals surface area contributed by atoms with Crippen LogP contribution in [-0.4, -0.2) is 73.4 Å². The van der Waals surface area contributed by atoms with E-state index in [2.05, 4.69) is 4.90 Å². The van der Waals surface area contributed by atoms with Gasteiger partial charge in [0.1, 0.15) is 0 Å². The van der Waals surface area contributed by atoms with Crippen LogP contribution in [0.4, 0.5) is 0 Å². The van der Waals surface area contributed by atoms with Gasteiger partial charge in [-0.2, -0.15) is 0 Å². The van der Waals surface area contributed by atoms with Crippen molar-refractivity contribution >= 4 is 5.91 Å². The normalized spacial score (nSPS) is 20.5. The predicted octanol–water partition coefficient (Wildman–Crippen LogP) is 1.77. The Kier molecular flexibility index (Phi) is 5.49. The minimum atomic E-state index is -0.681. The van der Waals surface area contributed by atoms with Crippen molar-refractivity contribution in [2.45, 2.75) is 31.3 Å². The van der Waals surface area contributed by atoms with Crippen LogP contribution in [0.15, 0.2) is 18.2 Å². The van der Waals surface area contributed by atoms with Gasteiger partial charge in [0.05, 0.1) is 25.4 Å². The maximum Gasteiger partial charge on any atom is 0.257 e. The first-order valence-corrected chi connectivity index (χ1v) is 9.01. The molecule has 0 unspecified atom stereocenters. The number of ether oxygens (including phenoxy) is 2. The number of aliphatic hydroxyl groups is 1. The molecule has 138 valence electrons. The third-order valence-corrected chi connectivity index (χ3v) is 5.33. The Morgan fingerprint density at radius 3 is 2.40 bits per heavy atom. The highest BCUT2D eigenvalue weighted by Crippen LogP contribution is 2.33. The number of carbonyl (C=O) groups excluding carboxylic acids is 1. The van der Waals surface area contributed by atoms with Crippen molar-refractivity contribution in [3.05, 3.63) is 23.8 Å². The van der Waals surface area contributed by atoms with Crippen LogP contribution in [-0.2, 0) is 0 Å². The standard InChI is InChI=1S/C19H28N2O4/c1-24-16-7-5-6-15(17(16)25-2)18(22)21-12-8-19(23,9-13-21)14-20-10-3-4-11-20/h5-7,23H,3-4,8-14H2,1-2H3. The quantitative estimate of drug-likeness (QED) is 0.879. The molecular weight excluding hydrogens is 320 g/mol. The predicted molar refractivity (Wildman–Crippen MR) is 95.3 cm³/mol. The van der Waals surface area contributed by atoms with Gasteiger partial charge in [-0.25, -0.2) is 0 Å². The lowest BCUT2D eigenvalue weighted by atomic mass is 9.90. The summed E-state index contributed by atoms with van der Waals surface area (Å²) in [5, 5.41) is 10.9. The molecule has 2 aliphatic rings. The maximum absolute atomic E-state index is 12.9. The average Bonchev–Trinajstić information content (AvgIpc) is 3.13. The van der Waals surface area contributed by atoms with Crippen molar-refractivity contribution in [1.29, 1.82) is 0 Å². The molecule has 2 fully saturated rings. The van der Waals surface area contributed by atoms with Gasteiger partial charge in [0.2, 0.25) is 0 Å². The molecule has 0 aliphatic carbocycles. The summed E-state index contributed by atoms with van der Waals surface area (Å²) in [4.78, 5) is 17.0. The smallest absolute Gasteiger partial charge is 0.257 e. The van der Waals surface area contributed by atoms with E-state index in [4.69, 9.17) is 9.47 Å². The van der Waals surface area contributed by atoms with Gasteiger partial charge in [-0.1, -0.05) is 6.07 Å². The Labute approximate surface area is 149 Å². The fraction of sp³-hybridized carbons (Fsp3) is 0.632. The third-order valence-electron chi connectivity index (χ3n) is 5.33. The topological polar surface area (TPSA) is 62.2 Å². The number of methoxy groups -OCH3 is 2.